The van der Waals surface area contributed by atoms with Crippen molar-refractivity contribution in [3.8, 4) is 17.6 Å². The third kappa shape index (κ3) is 4.11. The number of ether oxygens (including phenoxy) is 2. The molecule has 0 fully saturated rings. The summed E-state index contributed by atoms with van der Waals surface area (Å²) in [6.07, 6.45) is 1.59. The fraction of sp³-hybridized carbons (Fsp3) is 0.250. The maximum Gasteiger partial charge on any atom is 0.161 e. The molecule has 0 amide bonds. The molecule has 2 aromatic rings. The molecule has 0 radical (unpaired) electrons. The second-order valence-electron chi connectivity index (χ2n) is 4.50. The summed E-state index contributed by atoms with van der Waals surface area (Å²) in [5.41, 5.74) is 1.25. The van der Waals surface area contributed by atoms with Gasteiger partial charge in [0.1, 0.15) is 17.9 Å². The zero-order valence-electron chi connectivity index (χ0n) is 12.0. The molecule has 5 heteroatoms. The van der Waals surface area contributed by atoms with Crippen LogP contribution in [0.15, 0.2) is 42.6 Å². The van der Waals surface area contributed by atoms with Crippen molar-refractivity contribution in [2.75, 3.05) is 19.0 Å². The number of para-hydroxylation sites is 2. The van der Waals surface area contributed by atoms with E-state index in [0.29, 0.717) is 23.7 Å². The average molecular weight is 283 g/mol. The first-order chi connectivity index (χ1) is 10.2. The highest BCUT2D eigenvalue weighted by Gasteiger charge is 2.08. The molecule has 0 saturated heterocycles. The summed E-state index contributed by atoms with van der Waals surface area (Å²) in [6.45, 7) is 2.59. The van der Waals surface area contributed by atoms with Crippen LogP contribution in [-0.2, 0) is 0 Å². The van der Waals surface area contributed by atoms with E-state index >= 15 is 0 Å². The normalized spacial score (nSPS) is 11.3. The van der Waals surface area contributed by atoms with Gasteiger partial charge >= 0.3 is 0 Å². The Balaban J connectivity index is 1.89. The smallest absolute Gasteiger partial charge is 0.161 e. The molecule has 108 valence electrons. The summed E-state index contributed by atoms with van der Waals surface area (Å²) in [5, 5.41) is 11.9. The Hall–Kier alpha value is -2.74. The Bertz CT molecular complexity index is 620. The number of anilines is 1. The van der Waals surface area contributed by atoms with Crippen LogP contribution < -0.4 is 14.8 Å². The molecule has 0 saturated carbocycles. The molecule has 0 aliphatic heterocycles. The molecule has 5 nitrogen and oxygen atoms in total. The molecule has 0 unspecified atom stereocenters. The zero-order valence-corrected chi connectivity index (χ0v) is 12.0. The standard InChI is InChI=1S/C16H17N3O2/c1-12(21-16-6-4-3-5-15(16)20-2)10-18-14-8-7-13(9-17)19-11-14/h3-8,11-12,18H,10H2,1-2H3/t12-/m1/s1. The fourth-order valence-corrected chi connectivity index (χ4v) is 1.80. The van der Waals surface area contributed by atoms with E-state index in [0.717, 1.165) is 5.69 Å². The van der Waals surface area contributed by atoms with Crippen molar-refractivity contribution in [2.24, 2.45) is 0 Å². The minimum atomic E-state index is -0.0445. The van der Waals surface area contributed by atoms with Gasteiger partial charge in [0.25, 0.3) is 0 Å². The second-order valence-corrected chi connectivity index (χ2v) is 4.50. The molecule has 0 aliphatic rings. The van der Waals surface area contributed by atoms with E-state index in [9.17, 15) is 0 Å². The molecule has 21 heavy (non-hydrogen) atoms. The van der Waals surface area contributed by atoms with Crippen molar-refractivity contribution in [1.82, 2.24) is 4.98 Å². The number of rotatable bonds is 6. The zero-order chi connectivity index (χ0) is 15.1. The number of nitrogens with zero attached hydrogens (tertiary/aromatic N) is 2. The maximum absolute atomic E-state index is 8.70. The molecule has 1 aromatic heterocycles. The summed E-state index contributed by atoms with van der Waals surface area (Å²) >= 11 is 0. The van der Waals surface area contributed by atoms with Crippen molar-refractivity contribution in [2.45, 2.75) is 13.0 Å². The van der Waals surface area contributed by atoms with Crippen LogP contribution in [0, 0.1) is 11.3 Å². The van der Waals surface area contributed by atoms with E-state index < -0.39 is 0 Å². The summed E-state index contributed by atoms with van der Waals surface area (Å²) in [7, 11) is 1.62. The minimum Gasteiger partial charge on any atom is -0.493 e. The van der Waals surface area contributed by atoms with Crippen molar-refractivity contribution >= 4 is 5.69 Å². The molecular weight excluding hydrogens is 266 g/mol. The van der Waals surface area contributed by atoms with Crippen LogP contribution in [0.25, 0.3) is 0 Å². The summed E-state index contributed by atoms with van der Waals surface area (Å²) in [6, 6.07) is 13.0. The first-order valence-electron chi connectivity index (χ1n) is 6.62. The van der Waals surface area contributed by atoms with Crippen molar-refractivity contribution in [3.05, 3.63) is 48.3 Å². The number of methoxy groups -OCH3 is 1. The molecular formula is C16H17N3O2. The lowest BCUT2D eigenvalue weighted by molar-refractivity contribution is 0.223. The van der Waals surface area contributed by atoms with E-state index in [1.165, 1.54) is 0 Å². The molecule has 0 bridgehead atoms. The predicted octanol–water partition coefficient (Wildman–Crippen LogP) is 2.84. The van der Waals surface area contributed by atoms with Gasteiger partial charge in [0.15, 0.2) is 11.5 Å². The van der Waals surface area contributed by atoms with Crippen LogP contribution in [0.5, 0.6) is 11.5 Å². The fourth-order valence-electron chi connectivity index (χ4n) is 1.80. The molecule has 2 rings (SSSR count). The number of benzene rings is 1. The number of nitrogens with one attached hydrogen (secondary N) is 1. The Kier molecular flexibility index (Phi) is 4.99. The predicted molar refractivity (Wildman–Crippen MR) is 80.5 cm³/mol. The Morgan fingerprint density at radius 2 is 2.00 bits per heavy atom. The Morgan fingerprint density at radius 3 is 2.62 bits per heavy atom. The highest BCUT2D eigenvalue weighted by molar-refractivity contribution is 5.43. The number of hydrogen-bond acceptors (Lipinski definition) is 5. The monoisotopic (exact) mass is 283 g/mol. The number of nitriles is 1. The van der Waals surface area contributed by atoms with Crippen LogP contribution in [0.4, 0.5) is 5.69 Å². The van der Waals surface area contributed by atoms with Gasteiger partial charge in [-0.2, -0.15) is 5.26 Å². The minimum absolute atomic E-state index is 0.0445. The lowest BCUT2D eigenvalue weighted by Crippen LogP contribution is -2.22. The van der Waals surface area contributed by atoms with Gasteiger partial charge in [-0.05, 0) is 31.2 Å². The molecule has 1 aromatic carbocycles. The first-order valence-corrected chi connectivity index (χ1v) is 6.62. The third-order valence-corrected chi connectivity index (χ3v) is 2.87. The topological polar surface area (TPSA) is 67.2 Å². The first kappa shape index (κ1) is 14.7. The van der Waals surface area contributed by atoms with E-state index in [2.05, 4.69) is 10.3 Å². The van der Waals surface area contributed by atoms with Crippen LogP contribution in [0.3, 0.4) is 0 Å². The van der Waals surface area contributed by atoms with E-state index in [1.54, 1.807) is 19.4 Å². The molecule has 1 atom stereocenters. The summed E-state index contributed by atoms with van der Waals surface area (Å²) < 4.78 is 11.1. The third-order valence-electron chi connectivity index (χ3n) is 2.87. The van der Waals surface area contributed by atoms with Crippen molar-refractivity contribution < 1.29 is 9.47 Å². The Labute approximate surface area is 124 Å². The van der Waals surface area contributed by atoms with E-state index in [-0.39, 0.29) is 6.10 Å². The van der Waals surface area contributed by atoms with Crippen LogP contribution >= 0.6 is 0 Å². The van der Waals surface area contributed by atoms with Gasteiger partial charge in [-0.25, -0.2) is 4.98 Å². The second kappa shape index (κ2) is 7.15. The summed E-state index contributed by atoms with van der Waals surface area (Å²) in [4.78, 5) is 4.00. The van der Waals surface area contributed by atoms with E-state index in [4.69, 9.17) is 14.7 Å². The van der Waals surface area contributed by atoms with Crippen LogP contribution in [0.2, 0.25) is 0 Å². The average Bonchev–Trinajstić information content (AvgIpc) is 2.54. The van der Waals surface area contributed by atoms with Crippen LogP contribution in [0.1, 0.15) is 12.6 Å². The Morgan fingerprint density at radius 1 is 1.24 bits per heavy atom. The lowest BCUT2D eigenvalue weighted by Gasteiger charge is -2.17. The lowest BCUT2D eigenvalue weighted by atomic mass is 10.3. The van der Waals surface area contributed by atoms with Gasteiger partial charge in [-0.15, -0.1) is 0 Å². The quantitative estimate of drug-likeness (QED) is 0.883. The van der Waals surface area contributed by atoms with Gasteiger partial charge < -0.3 is 14.8 Å². The molecule has 0 spiro atoms. The van der Waals surface area contributed by atoms with Gasteiger partial charge in [-0.1, -0.05) is 12.1 Å². The number of hydrogen-bond donors (Lipinski definition) is 1. The number of aromatic nitrogens is 1. The molecule has 1 N–H and O–H groups in total. The van der Waals surface area contributed by atoms with Gasteiger partial charge in [0.2, 0.25) is 0 Å². The van der Waals surface area contributed by atoms with Gasteiger partial charge in [-0.3, -0.25) is 0 Å². The summed E-state index contributed by atoms with van der Waals surface area (Å²) in [5.74, 6) is 1.43. The maximum atomic E-state index is 8.70. The molecule has 1 heterocycles. The van der Waals surface area contributed by atoms with Crippen LogP contribution in [-0.4, -0.2) is 24.7 Å². The molecule has 0 aliphatic carbocycles. The van der Waals surface area contributed by atoms with Crippen molar-refractivity contribution in [1.29, 1.82) is 5.26 Å². The van der Waals surface area contributed by atoms with Gasteiger partial charge in [0.05, 0.1) is 25.5 Å². The highest BCUT2D eigenvalue weighted by Crippen LogP contribution is 2.26. The SMILES string of the molecule is COc1ccccc1O[C@H](C)CNc1ccc(C#N)nc1. The highest BCUT2D eigenvalue weighted by atomic mass is 16.5. The van der Waals surface area contributed by atoms with Gasteiger partial charge in [0, 0.05) is 0 Å². The largest absolute Gasteiger partial charge is 0.493 e. The van der Waals surface area contributed by atoms with E-state index in [1.807, 2.05) is 43.3 Å². The van der Waals surface area contributed by atoms with Crippen molar-refractivity contribution in [3.63, 3.8) is 0 Å². The number of pyridine rings is 1.